The van der Waals surface area contributed by atoms with Crippen molar-refractivity contribution in [2.24, 2.45) is 5.41 Å². The van der Waals surface area contributed by atoms with Crippen LogP contribution in [0.2, 0.25) is 0 Å². The summed E-state index contributed by atoms with van der Waals surface area (Å²) >= 11 is 0. The van der Waals surface area contributed by atoms with Gasteiger partial charge in [0.25, 0.3) is 0 Å². The molecule has 0 spiro atoms. The zero-order valence-corrected chi connectivity index (χ0v) is 6.57. The van der Waals surface area contributed by atoms with Gasteiger partial charge in [-0.2, -0.15) is 4.79 Å². The normalized spacial score (nSPS) is 22.2. The molecule has 1 unspecified atom stereocenters. The predicted molar refractivity (Wildman–Crippen MR) is 38.2 cm³/mol. The van der Waals surface area contributed by atoms with Gasteiger partial charge in [-0.15, -0.1) is 0 Å². The third-order valence-corrected chi connectivity index (χ3v) is 1.95. The summed E-state index contributed by atoms with van der Waals surface area (Å²) in [6.07, 6.45) is 0.912. The summed E-state index contributed by atoms with van der Waals surface area (Å²) in [6.45, 7) is 4.17. The molecular formula is C7H10N2O2. The summed E-state index contributed by atoms with van der Waals surface area (Å²) in [5, 5.41) is 0. The largest absolute Gasteiger partial charge is 0.372 e. The molecule has 1 heterocycles. The first kappa shape index (κ1) is 8.11. The van der Waals surface area contributed by atoms with Crippen LogP contribution in [0, 0.1) is 5.41 Å². The second kappa shape index (κ2) is 2.57. The maximum Gasteiger partial charge on any atom is 0.323 e. The minimum Gasteiger partial charge on any atom is -0.372 e. The smallest absolute Gasteiger partial charge is 0.323 e. The molecule has 0 aromatic rings. The second-order valence-corrected chi connectivity index (χ2v) is 3.15. The van der Waals surface area contributed by atoms with E-state index in [-0.39, 0.29) is 11.9 Å². The molecule has 1 atom stereocenters. The molecule has 0 bridgehead atoms. The van der Waals surface area contributed by atoms with E-state index in [0.717, 1.165) is 6.21 Å². The first-order valence-corrected chi connectivity index (χ1v) is 3.42. The van der Waals surface area contributed by atoms with E-state index < -0.39 is 5.41 Å². The molecule has 1 rings (SSSR count). The predicted octanol–water partition coefficient (Wildman–Crippen LogP) is 0.281. The van der Waals surface area contributed by atoms with E-state index in [9.17, 15) is 4.79 Å². The van der Waals surface area contributed by atoms with E-state index in [1.807, 2.05) is 0 Å². The first-order chi connectivity index (χ1) is 5.09. The molecule has 1 aliphatic heterocycles. The van der Waals surface area contributed by atoms with Crippen molar-refractivity contribution in [3.8, 4) is 0 Å². The van der Waals surface area contributed by atoms with Crippen LogP contribution >= 0.6 is 0 Å². The molecule has 1 aliphatic rings. The van der Waals surface area contributed by atoms with E-state index in [2.05, 4.69) is 4.79 Å². The zero-order valence-electron chi connectivity index (χ0n) is 6.57. The van der Waals surface area contributed by atoms with Crippen molar-refractivity contribution in [2.75, 3.05) is 6.61 Å². The number of epoxide rings is 1. The minimum absolute atomic E-state index is 0.00648. The number of rotatable bonds is 3. The lowest BCUT2D eigenvalue weighted by Crippen LogP contribution is -2.31. The van der Waals surface area contributed by atoms with Gasteiger partial charge in [-0.1, -0.05) is 0 Å². The molecule has 1 fully saturated rings. The van der Waals surface area contributed by atoms with E-state index in [4.69, 9.17) is 10.3 Å². The maximum atomic E-state index is 11.2. The highest BCUT2D eigenvalue weighted by atomic mass is 16.6. The fourth-order valence-corrected chi connectivity index (χ4v) is 0.842. The molecule has 4 nitrogen and oxygen atoms in total. The molecule has 60 valence electrons. The van der Waals surface area contributed by atoms with Gasteiger partial charge in [-0.25, -0.2) is 0 Å². The SMILES string of the molecule is CC(C)(C(=O)C=[N+]=[N-])C1CO1. The van der Waals surface area contributed by atoms with Gasteiger partial charge in [0.1, 0.15) is 0 Å². The number of carbonyl (C=O) groups excluding carboxylic acids is 1. The Kier molecular flexibility index (Phi) is 1.89. The fraction of sp³-hybridized carbons (Fsp3) is 0.714. The third-order valence-electron chi connectivity index (χ3n) is 1.95. The van der Waals surface area contributed by atoms with Crippen molar-refractivity contribution >= 4 is 12.0 Å². The Morgan fingerprint density at radius 1 is 1.82 bits per heavy atom. The molecule has 0 aromatic heterocycles. The van der Waals surface area contributed by atoms with Crippen molar-refractivity contribution < 1.29 is 14.3 Å². The number of hydrogen-bond donors (Lipinski definition) is 0. The van der Waals surface area contributed by atoms with Crippen LogP contribution < -0.4 is 0 Å². The molecule has 0 aliphatic carbocycles. The topological polar surface area (TPSA) is 66.0 Å². The van der Waals surface area contributed by atoms with E-state index in [1.54, 1.807) is 13.8 Å². The lowest BCUT2D eigenvalue weighted by Gasteiger charge is -2.14. The molecule has 0 aromatic carbocycles. The second-order valence-electron chi connectivity index (χ2n) is 3.15. The fourth-order valence-electron chi connectivity index (χ4n) is 0.842. The average Bonchev–Trinajstić information content (AvgIpc) is 2.68. The van der Waals surface area contributed by atoms with Crippen molar-refractivity contribution in [3.05, 3.63) is 5.53 Å². The summed E-state index contributed by atoms with van der Waals surface area (Å²) in [7, 11) is 0. The number of carbonyl (C=O) groups is 1. The molecule has 4 heteroatoms. The van der Waals surface area contributed by atoms with E-state index in [0.29, 0.717) is 6.61 Å². The number of nitrogens with zero attached hydrogens (tertiary/aromatic N) is 2. The summed E-state index contributed by atoms with van der Waals surface area (Å²) in [5.74, 6) is -0.206. The van der Waals surface area contributed by atoms with Gasteiger partial charge in [0.15, 0.2) is 0 Å². The van der Waals surface area contributed by atoms with Crippen molar-refractivity contribution in [2.45, 2.75) is 20.0 Å². The van der Waals surface area contributed by atoms with Crippen molar-refractivity contribution in [1.82, 2.24) is 0 Å². The van der Waals surface area contributed by atoms with Crippen molar-refractivity contribution in [1.29, 1.82) is 0 Å². The highest BCUT2D eigenvalue weighted by molar-refractivity contribution is 6.27. The standard InChI is InChI=1S/C7H10N2O2/c1-7(2,6-4-11-6)5(10)3-9-8/h3,6H,4H2,1-2H3. The van der Waals surface area contributed by atoms with Gasteiger partial charge in [0.05, 0.1) is 18.1 Å². The minimum atomic E-state index is -0.549. The van der Waals surface area contributed by atoms with Gasteiger partial charge in [-0.3, -0.25) is 4.79 Å². The third kappa shape index (κ3) is 1.53. The van der Waals surface area contributed by atoms with Gasteiger partial charge < -0.3 is 10.3 Å². The van der Waals surface area contributed by atoms with Gasteiger partial charge in [-0.05, 0) is 13.8 Å². The Balaban J connectivity index is 2.69. The summed E-state index contributed by atoms with van der Waals surface area (Å²) < 4.78 is 4.98. The maximum absolute atomic E-state index is 11.2. The first-order valence-electron chi connectivity index (χ1n) is 3.42. The molecule has 11 heavy (non-hydrogen) atoms. The van der Waals surface area contributed by atoms with Gasteiger partial charge in [0.2, 0.25) is 5.78 Å². The quantitative estimate of drug-likeness (QED) is 0.253. The van der Waals surface area contributed by atoms with Crippen LogP contribution in [-0.2, 0) is 9.53 Å². The number of ether oxygens (including phenoxy) is 1. The summed E-state index contributed by atoms with van der Waals surface area (Å²) in [4.78, 5) is 13.8. The van der Waals surface area contributed by atoms with Crippen LogP contribution in [0.3, 0.4) is 0 Å². The van der Waals surface area contributed by atoms with Crippen LogP contribution in [0.4, 0.5) is 0 Å². The molecule has 1 saturated heterocycles. The van der Waals surface area contributed by atoms with Crippen molar-refractivity contribution in [3.63, 3.8) is 0 Å². The molecule has 0 radical (unpaired) electrons. The van der Waals surface area contributed by atoms with Crippen LogP contribution in [-0.4, -0.2) is 29.5 Å². The Morgan fingerprint density at radius 2 is 2.36 bits per heavy atom. The lowest BCUT2D eigenvalue weighted by atomic mass is 9.85. The lowest BCUT2D eigenvalue weighted by molar-refractivity contribution is -0.124. The van der Waals surface area contributed by atoms with Gasteiger partial charge >= 0.3 is 6.21 Å². The molecule has 0 N–H and O–H groups in total. The number of Topliss-reactive ketones (excluding diaryl/α,β-unsaturated/α-hetero) is 1. The highest BCUT2D eigenvalue weighted by Crippen LogP contribution is 2.32. The monoisotopic (exact) mass is 154 g/mol. The average molecular weight is 154 g/mol. The molecular weight excluding hydrogens is 144 g/mol. The Bertz CT molecular complexity index is 225. The summed E-state index contributed by atoms with van der Waals surface area (Å²) in [6, 6.07) is 0. The van der Waals surface area contributed by atoms with Crippen LogP contribution in [0.1, 0.15) is 13.8 Å². The highest BCUT2D eigenvalue weighted by Gasteiger charge is 2.45. The number of hydrogen-bond acceptors (Lipinski definition) is 2. The Morgan fingerprint density at radius 3 is 2.73 bits per heavy atom. The van der Waals surface area contributed by atoms with E-state index in [1.165, 1.54) is 0 Å². The molecule has 0 saturated carbocycles. The Labute approximate surface area is 64.8 Å². The van der Waals surface area contributed by atoms with Crippen LogP contribution in [0.5, 0.6) is 0 Å². The zero-order chi connectivity index (χ0) is 8.48. The van der Waals surface area contributed by atoms with Crippen LogP contribution in [0.15, 0.2) is 0 Å². The van der Waals surface area contributed by atoms with Crippen LogP contribution in [0.25, 0.3) is 5.53 Å². The van der Waals surface area contributed by atoms with E-state index >= 15 is 0 Å². The summed E-state index contributed by atoms with van der Waals surface area (Å²) in [5.41, 5.74) is 7.56. The van der Waals surface area contributed by atoms with Gasteiger partial charge in [0, 0.05) is 0 Å². The Hall–Kier alpha value is -0.990. The number of ketones is 1. The molecule has 0 amide bonds.